The van der Waals surface area contributed by atoms with Crippen LogP contribution in [-0.2, 0) is 4.79 Å². The number of carbonyl (C=O) groups is 1. The Balaban J connectivity index is -0.0000000133. The van der Waals surface area contributed by atoms with Crippen LogP contribution in [0.25, 0.3) is 0 Å². The Labute approximate surface area is 50.1 Å². The number of alkyl halides is 1. The van der Waals surface area contributed by atoms with Gasteiger partial charge in [0.2, 0.25) is 0 Å². The van der Waals surface area contributed by atoms with E-state index in [1.807, 2.05) is 0 Å². The van der Waals surface area contributed by atoms with Crippen LogP contribution in [0, 0.1) is 0 Å². The molecule has 0 radical (unpaired) electrons. The van der Waals surface area contributed by atoms with Gasteiger partial charge in [0, 0.05) is 0 Å². The van der Waals surface area contributed by atoms with Crippen LogP contribution in [0.2, 0.25) is 0 Å². The van der Waals surface area contributed by atoms with Crippen molar-refractivity contribution < 1.29 is 36.2 Å². The monoisotopic (exact) mass is 150 g/mol. The predicted octanol–water partition coefficient (Wildman–Crippen LogP) is -3.26. The summed E-state index contributed by atoms with van der Waals surface area (Å²) in [6.07, 6.45) is 0. The zero-order valence-electron chi connectivity index (χ0n) is 4.44. The van der Waals surface area contributed by atoms with Gasteiger partial charge in [-0.2, -0.15) is 0 Å². The van der Waals surface area contributed by atoms with Gasteiger partial charge >= 0.3 is 5.97 Å². The molecular weight excluding hydrogens is 139 g/mol. The second-order valence-corrected chi connectivity index (χ2v) is 0.527. The van der Waals surface area contributed by atoms with E-state index in [1.165, 1.54) is 0 Å². The van der Waals surface area contributed by atoms with Gasteiger partial charge in [-0.1, -0.05) is 0 Å². The number of hydrogen-bond acceptors (Lipinski definition) is 1. The van der Waals surface area contributed by atoms with E-state index in [4.69, 9.17) is 9.90 Å². The van der Waals surface area contributed by atoms with E-state index in [2.05, 4.69) is 0 Å². The van der Waals surface area contributed by atoms with Gasteiger partial charge in [-0.25, -0.2) is 9.18 Å². The molecule has 0 saturated carbocycles. The van der Waals surface area contributed by atoms with Crippen molar-refractivity contribution >= 4 is 5.97 Å². The normalized spacial score (nSPS) is 4.11. The second-order valence-electron chi connectivity index (χ2n) is 0.527. The van der Waals surface area contributed by atoms with Gasteiger partial charge in [0.1, 0.15) is 0 Å². The Kier molecular flexibility index (Phi) is 123. The average Bonchev–Trinajstić information content (AvgIpc) is 1.38. The average molecular weight is 150 g/mol. The quantitative estimate of drug-likeness (QED) is 0.415. The van der Waals surface area contributed by atoms with Crippen LogP contribution in [0.15, 0.2) is 0 Å². The van der Waals surface area contributed by atoms with Crippen LogP contribution in [0.1, 0.15) is 0 Å². The number of carboxylic acids is 1. The second kappa shape index (κ2) is 26.9. The molecule has 62 valence electrons. The summed E-state index contributed by atoms with van der Waals surface area (Å²) in [5.74, 6) is -1.41. The SMILES string of the molecule is O.O.O.O.O=C(O)CF. The summed E-state index contributed by atoms with van der Waals surface area (Å²) in [6.45, 7) is -1.28. The van der Waals surface area contributed by atoms with Crippen molar-refractivity contribution in [3.8, 4) is 0 Å². The van der Waals surface area contributed by atoms with E-state index in [9.17, 15) is 4.39 Å². The van der Waals surface area contributed by atoms with Crippen LogP contribution < -0.4 is 0 Å². The molecule has 0 atom stereocenters. The summed E-state index contributed by atoms with van der Waals surface area (Å²) < 4.78 is 10.5. The molecule has 6 nitrogen and oxygen atoms in total. The lowest BCUT2D eigenvalue weighted by Gasteiger charge is -1.69. The highest BCUT2D eigenvalue weighted by Gasteiger charge is 1.85. The maximum atomic E-state index is 10.5. The molecule has 0 rings (SSSR count). The Morgan fingerprint density at radius 1 is 1.22 bits per heavy atom. The van der Waals surface area contributed by atoms with Gasteiger partial charge in [-0.3, -0.25) is 0 Å². The van der Waals surface area contributed by atoms with Crippen LogP contribution >= 0.6 is 0 Å². The fourth-order valence-corrected chi connectivity index (χ4v) is 0. The van der Waals surface area contributed by atoms with Crippen molar-refractivity contribution in [1.82, 2.24) is 0 Å². The Morgan fingerprint density at radius 3 is 1.33 bits per heavy atom. The molecule has 9 heavy (non-hydrogen) atoms. The van der Waals surface area contributed by atoms with E-state index in [0.29, 0.717) is 0 Å². The maximum Gasteiger partial charge on any atom is 0.335 e. The first-order valence-corrected chi connectivity index (χ1v) is 1.05. The molecule has 0 aromatic heterocycles. The third kappa shape index (κ3) is 129. The number of halogens is 1. The molecule has 0 spiro atoms. The molecule has 9 N–H and O–H groups in total. The van der Waals surface area contributed by atoms with E-state index in [0.717, 1.165) is 0 Å². The van der Waals surface area contributed by atoms with Gasteiger partial charge in [0.15, 0.2) is 6.67 Å². The topological polar surface area (TPSA) is 163 Å². The Hall–Kier alpha value is -0.760. The maximum absolute atomic E-state index is 10.5. The third-order valence-electron chi connectivity index (χ3n) is 0.114. The lowest BCUT2D eigenvalue weighted by Crippen LogP contribution is -1.93. The molecule has 0 aliphatic rings. The van der Waals surface area contributed by atoms with Crippen LogP contribution in [0.3, 0.4) is 0 Å². The number of carboxylic acid groups (broad SMARTS) is 1. The zero-order valence-corrected chi connectivity index (χ0v) is 4.44. The molecule has 0 aliphatic carbocycles. The van der Waals surface area contributed by atoms with E-state index < -0.39 is 12.6 Å². The number of aliphatic carboxylic acids is 1. The molecule has 0 heterocycles. The van der Waals surface area contributed by atoms with Crippen molar-refractivity contribution in [1.29, 1.82) is 0 Å². The van der Waals surface area contributed by atoms with Crippen LogP contribution in [0.4, 0.5) is 4.39 Å². The fraction of sp³-hybridized carbons (Fsp3) is 0.500. The smallest absolute Gasteiger partial charge is 0.335 e. The molecule has 0 aromatic carbocycles. The molecule has 0 aromatic rings. The summed E-state index contributed by atoms with van der Waals surface area (Å²) in [5, 5.41) is 7.35. The van der Waals surface area contributed by atoms with Crippen LogP contribution in [0.5, 0.6) is 0 Å². The minimum absolute atomic E-state index is 0. The minimum atomic E-state index is -1.41. The first-order valence-electron chi connectivity index (χ1n) is 1.05. The van der Waals surface area contributed by atoms with E-state index >= 15 is 0 Å². The minimum Gasteiger partial charge on any atom is -0.479 e. The third-order valence-corrected chi connectivity index (χ3v) is 0.114. The highest BCUT2D eigenvalue weighted by molar-refractivity contribution is 5.67. The molecule has 0 saturated heterocycles. The lowest BCUT2D eigenvalue weighted by molar-refractivity contribution is -0.137. The van der Waals surface area contributed by atoms with Crippen molar-refractivity contribution in [3.63, 3.8) is 0 Å². The summed E-state index contributed by atoms with van der Waals surface area (Å²) in [5.41, 5.74) is 0. The largest absolute Gasteiger partial charge is 0.479 e. The molecule has 7 heteroatoms. The van der Waals surface area contributed by atoms with Crippen LogP contribution in [-0.4, -0.2) is 39.7 Å². The van der Waals surface area contributed by atoms with Gasteiger partial charge in [0.25, 0.3) is 0 Å². The van der Waals surface area contributed by atoms with Gasteiger partial charge in [0.05, 0.1) is 0 Å². The van der Waals surface area contributed by atoms with Gasteiger partial charge < -0.3 is 27.0 Å². The molecule has 0 unspecified atom stereocenters. The summed E-state index contributed by atoms with van der Waals surface area (Å²) >= 11 is 0. The first kappa shape index (κ1) is 41.1. The lowest BCUT2D eigenvalue weighted by atomic mass is 10.8. The summed E-state index contributed by atoms with van der Waals surface area (Å²) in [4.78, 5) is 8.99. The Morgan fingerprint density at radius 2 is 1.33 bits per heavy atom. The van der Waals surface area contributed by atoms with Crippen molar-refractivity contribution in [2.75, 3.05) is 6.67 Å². The number of hydrogen-bond donors (Lipinski definition) is 1. The van der Waals surface area contributed by atoms with Crippen molar-refractivity contribution in [3.05, 3.63) is 0 Å². The molecular formula is C2H11FO6. The van der Waals surface area contributed by atoms with Crippen molar-refractivity contribution in [2.24, 2.45) is 0 Å². The van der Waals surface area contributed by atoms with Crippen molar-refractivity contribution in [2.45, 2.75) is 0 Å². The highest BCUT2D eigenvalue weighted by Crippen LogP contribution is 1.60. The number of rotatable bonds is 1. The molecule has 0 aliphatic heterocycles. The summed E-state index contributed by atoms with van der Waals surface area (Å²) in [7, 11) is 0. The molecule has 0 amide bonds. The van der Waals surface area contributed by atoms with Gasteiger partial charge in [-0.05, 0) is 0 Å². The molecule has 0 bridgehead atoms. The zero-order chi connectivity index (χ0) is 4.28. The predicted molar refractivity (Wildman–Crippen MR) is 28.1 cm³/mol. The highest BCUT2D eigenvalue weighted by atomic mass is 19.1. The first-order chi connectivity index (χ1) is 2.27. The fourth-order valence-electron chi connectivity index (χ4n) is 0. The Bertz CT molecular complexity index is 46.3. The standard InChI is InChI=1S/C2H3FO2.4H2O/c3-1-2(4)5;;;;/h1H2,(H,4,5);4*1H2. The van der Waals surface area contributed by atoms with E-state index in [1.54, 1.807) is 0 Å². The van der Waals surface area contributed by atoms with Gasteiger partial charge in [-0.15, -0.1) is 0 Å². The summed E-state index contributed by atoms with van der Waals surface area (Å²) in [6, 6.07) is 0. The van der Waals surface area contributed by atoms with E-state index in [-0.39, 0.29) is 21.9 Å². The molecule has 0 fully saturated rings.